The minimum Gasteiger partial charge on any atom is -0.309 e. The Morgan fingerprint density at radius 3 is 2.21 bits per heavy atom. The smallest absolute Gasteiger partial charge is 0.309 e. The zero-order valence-corrected chi connectivity index (χ0v) is 10.5. The quantitative estimate of drug-likeness (QED) is 0.753. The van der Waals surface area contributed by atoms with E-state index in [1.807, 2.05) is 0 Å². The Kier molecular flexibility index (Phi) is 3.22. The number of halogens is 3. The van der Waals surface area contributed by atoms with E-state index in [2.05, 4.69) is 0 Å². The van der Waals surface area contributed by atoms with Crippen LogP contribution in [-0.4, -0.2) is 10.4 Å². The predicted molar refractivity (Wildman–Crippen MR) is 65.5 cm³/mol. The summed E-state index contributed by atoms with van der Waals surface area (Å²) >= 11 is 0. The lowest BCUT2D eigenvalue weighted by atomic mass is 10.2. The van der Waals surface area contributed by atoms with Crippen LogP contribution in [0.15, 0.2) is 36.4 Å². The van der Waals surface area contributed by atoms with Gasteiger partial charge in [-0.3, -0.25) is 4.79 Å². The molecule has 0 amide bonds. The maximum Gasteiger partial charge on any atom is 0.431 e. The van der Waals surface area contributed by atoms with Crippen LogP contribution in [0.1, 0.15) is 28.7 Å². The Morgan fingerprint density at radius 2 is 1.74 bits per heavy atom. The molecule has 1 heterocycles. The largest absolute Gasteiger partial charge is 0.431 e. The molecule has 0 N–H and O–H groups in total. The highest BCUT2D eigenvalue weighted by Gasteiger charge is 2.37. The SMILES string of the molecule is CC(=O)c1cc(C(F)(F)F)n(-c2ccccc2)c1C. The van der Waals surface area contributed by atoms with E-state index in [1.165, 1.54) is 13.8 Å². The highest BCUT2D eigenvalue weighted by Crippen LogP contribution is 2.34. The van der Waals surface area contributed by atoms with Gasteiger partial charge in [0.05, 0.1) is 0 Å². The van der Waals surface area contributed by atoms with Crippen molar-refractivity contribution in [2.45, 2.75) is 20.0 Å². The van der Waals surface area contributed by atoms with Crippen LogP contribution in [0.3, 0.4) is 0 Å². The zero-order chi connectivity index (χ0) is 14.2. The van der Waals surface area contributed by atoms with Crippen LogP contribution >= 0.6 is 0 Å². The summed E-state index contributed by atoms with van der Waals surface area (Å²) in [7, 11) is 0. The number of benzene rings is 1. The van der Waals surface area contributed by atoms with Gasteiger partial charge in [-0.2, -0.15) is 13.2 Å². The average molecular weight is 267 g/mol. The van der Waals surface area contributed by atoms with Crippen molar-refractivity contribution in [3.8, 4) is 5.69 Å². The van der Waals surface area contributed by atoms with Crippen LogP contribution < -0.4 is 0 Å². The number of Topliss-reactive ketones (excluding diaryl/α,β-unsaturated/α-hetero) is 1. The van der Waals surface area contributed by atoms with Gasteiger partial charge in [0.25, 0.3) is 0 Å². The van der Waals surface area contributed by atoms with Crippen molar-refractivity contribution in [3.05, 3.63) is 53.3 Å². The topological polar surface area (TPSA) is 22.0 Å². The molecule has 2 rings (SSSR count). The summed E-state index contributed by atoms with van der Waals surface area (Å²) in [5, 5.41) is 0. The Morgan fingerprint density at radius 1 is 1.16 bits per heavy atom. The van der Waals surface area contributed by atoms with Crippen molar-refractivity contribution < 1.29 is 18.0 Å². The van der Waals surface area contributed by atoms with E-state index in [1.54, 1.807) is 30.3 Å². The molecule has 0 aliphatic rings. The van der Waals surface area contributed by atoms with Crippen molar-refractivity contribution in [2.75, 3.05) is 0 Å². The molecule has 0 bridgehead atoms. The fourth-order valence-electron chi connectivity index (χ4n) is 2.08. The molecule has 1 aromatic carbocycles. The van der Waals surface area contributed by atoms with Gasteiger partial charge in [-0.15, -0.1) is 0 Å². The molecule has 0 unspecified atom stereocenters. The van der Waals surface area contributed by atoms with Gasteiger partial charge in [0, 0.05) is 16.9 Å². The number of hydrogen-bond donors (Lipinski definition) is 0. The maximum absolute atomic E-state index is 13.1. The van der Waals surface area contributed by atoms with Crippen molar-refractivity contribution in [2.24, 2.45) is 0 Å². The Bertz CT molecular complexity index is 612. The van der Waals surface area contributed by atoms with Crippen LogP contribution in [0.2, 0.25) is 0 Å². The molecule has 0 spiro atoms. The first-order valence-electron chi connectivity index (χ1n) is 5.68. The van der Waals surface area contributed by atoms with Gasteiger partial charge in [0.2, 0.25) is 0 Å². The van der Waals surface area contributed by atoms with Gasteiger partial charge in [-0.1, -0.05) is 18.2 Å². The first-order chi connectivity index (χ1) is 8.82. The first kappa shape index (κ1) is 13.4. The minimum absolute atomic E-state index is 0.0937. The summed E-state index contributed by atoms with van der Waals surface area (Å²) in [6.45, 7) is 2.77. The number of hydrogen-bond acceptors (Lipinski definition) is 1. The third-order valence-electron chi connectivity index (χ3n) is 2.93. The second-order valence-corrected chi connectivity index (χ2v) is 4.25. The van der Waals surface area contributed by atoms with E-state index in [9.17, 15) is 18.0 Å². The lowest BCUT2D eigenvalue weighted by Gasteiger charge is -2.13. The first-order valence-corrected chi connectivity index (χ1v) is 5.68. The Hall–Kier alpha value is -2.04. The van der Waals surface area contributed by atoms with Gasteiger partial charge in [0.15, 0.2) is 5.78 Å². The number of alkyl halides is 3. The van der Waals surface area contributed by atoms with E-state index in [0.717, 1.165) is 10.6 Å². The molecule has 0 atom stereocenters. The van der Waals surface area contributed by atoms with Crippen LogP contribution in [0.4, 0.5) is 13.2 Å². The minimum atomic E-state index is -4.51. The normalized spacial score (nSPS) is 11.6. The molecule has 19 heavy (non-hydrogen) atoms. The second kappa shape index (κ2) is 4.57. The molecule has 2 aromatic rings. The fourth-order valence-corrected chi connectivity index (χ4v) is 2.08. The molecular formula is C14H12F3NO. The summed E-state index contributed by atoms with van der Waals surface area (Å²) in [5.74, 6) is -0.377. The average Bonchev–Trinajstić information content (AvgIpc) is 2.68. The molecule has 5 heteroatoms. The molecule has 100 valence electrons. The number of rotatable bonds is 2. The van der Waals surface area contributed by atoms with E-state index < -0.39 is 11.9 Å². The van der Waals surface area contributed by atoms with Gasteiger partial charge in [-0.05, 0) is 32.0 Å². The summed E-state index contributed by atoms with van der Waals surface area (Å²) in [6, 6.07) is 9.09. The van der Waals surface area contributed by atoms with Crippen LogP contribution in [0.25, 0.3) is 5.69 Å². The number of aromatic nitrogens is 1. The van der Waals surface area contributed by atoms with Gasteiger partial charge in [-0.25, -0.2) is 0 Å². The summed E-state index contributed by atoms with van der Waals surface area (Å²) in [4.78, 5) is 11.4. The third kappa shape index (κ3) is 2.41. The molecule has 0 aliphatic carbocycles. The summed E-state index contributed by atoms with van der Waals surface area (Å²) in [6.07, 6.45) is -4.51. The number of nitrogens with zero attached hydrogens (tertiary/aromatic N) is 1. The standard InChI is InChI=1S/C14H12F3NO/c1-9-12(10(2)19)8-13(14(15,16)17)18(9)11-6-4-3-5-7-11/h3-8H,1-2H3. The van der Waals surface area contributed by atoms with Gasteiger partial charge < -0.3 is 4.57 Å². The molecular weight excluding hydrogens is 255 g/mol. The van der Waals surface area contributed by atoms with Crippen molar-refractivity contribution in [1.29, 1.82) is 0 Å². The van der Waals surface area contributed by atoms with Gasteiger partial charge in [0.1, 0.15) is 5.69 Å². The summed E-state index contributed by atoms with van der Waals surface area (Å²) < 4.78 is 40.2. The number of para-hydroxylation sites is 1. The van der Waals surface area contributed by atoms with Crippen LogP contribution in [0.5, 0.6) is 0 Å². The van der Waals surface area contributed by atoms with Crippen molar-refractivity contribution in [1.82, 2.24) is 4.57 Å². The lowest BCUT2D eigenvalue weighted by Crippen LogP contribution is -2.13. The molecule has 0 aliphatic heterocycles. The number of ketones is 1. The molecule has 1 aromatic heterocycles. The molecule has 0 fully saturated rings. The van der Waals surface area contributed by atoms with Crippen LogP contribution in [0, 0.1) is 6.92 Å². The highest BCUT2D eigenvalue weighted by atomic mass is 19.4. The predicted octanol–water partition coefficient (Wildman–Crippen LogP) is 4.01. The highest BCUT2D eigenvalue weighted by molar-refractivity contribution is 5.95. The molecule has 0 radical (unpaired) electrons. The number of carbonyl (C=O) groups is 1. The van der Waals surface area contributed by atoms with E-state index >= 15 is 0 Å². The number of carbonyl (C=O) groups excluding carboxylic acids is 1. The Labute approximate surface area is 108 Å². The molecule has 0 saturated heterocycles. The van der Waals surface area contributed by atoms with Crippen LogP contribution in [-0.2, 0) is 6.18 Å². The maximum atomic E-state index is 13.1. The summed E-state index contributed by atoms with van der Waals surface area (Å²) in [5.41, 5.74) is -0.0524. The van der Waals surface area contributed by atoms with Gasteiger partial charge >= 0.3 is 6.18 Å². The monoisotopic (exact) mass is 267 g/mol. The fraction of sp³-hybridized carbons (Fsp3) is 0.214. The zero-order valence-electron chi connectivity index (χ0n) is 10.5. The third-order valence-corrected chi connectivity index (χ3v) is 2.93. The van der Waals surface area contributed by atoms with Crippen molar-refractivity contribution in [3.63, 3.8) is 0 Å². The second-order valence-electron chi connectivity index (χ2n) is 4.25. The molecule has 0 saturated carbocycles. The Balaban J connectivity index is 2.75. The van der Waals surface area contributed by atoms with E-state index in [-0.39, 0.29) is 11.3 Å². The molecule has 2 nitrogen and oxygen atoms in total. The van der Waals surface area contributed by atoms with E-state index in [4.69, 9.17) is 0 Å². The van der Waals surface area contributed by atoms with Crippen molar-refractivity contribution >= 4 is 5.78 Å². The lowest BCUT2D eigenvalue weighted by molar-refractivity contribution is -0.142. The van der Waals surface area contributed by atoms with E-state index in [0.29, 0.717) is 11.4 Å².